The van der Waals surface area contributed by atoms with Gasteiger partial charge in [-0.15, -0.1) is 0 Å². The minimum absolute atomic E-state index is 0.00565. The third-order valence-electron chi connectivity index (χ3n) is 3.31. The summed E-state index contributed by atoms with van der Waals surface area (Å²) in [7, 11) is 0. The SMILES string of the molecule is Nc1cnn(CC(=O)NCCC2CCCC2)c1. The van der Waals surface area contributed by atoms with Crippen LogP contribution in [0, 0.1) is 5.92 Å². The van der Waals surface area contributed by atoms with Crippen molar-refractivity contribution in [3.8, 4) is 0 Å². The van der Waals surface area contributed by atoms with Gasteiger partial charge in [0, 0.05) is 12.7 Å². The molecule has 1 aromatic rings. The topological polar surface area (TPSA) is 72.9 Å². The first-order valence-electron chi connectivity index (χ1n) is 6.28. The molecule has 0 saturated heterocycles. The number of nitrogens with two attached hydrogens (primary N) is 1. The molecule has 1 saturated carbocycles. The lowest BCUT2D eigenvalue weighted by Gasteiger charge is -2.09. The molecule has 0 aliphatic heterocycles. The van der Waals surface area contributed by atoms with Crippen molar-refractivity contribution in [3.05, 3.63) is 12.4 Å². The second-order valence-electron chi connectivity index (χ2n) is 4.76. The van der Waals surface area contributed by atoms with Crippen molar-refractivity contribution in [3.63, 3.8) is 0 Å². The zero-order valence-corrected chi connectivity index (χ0v) is 10.1. The Hall–Kier alpha value is -1.52. The predicted octanol–water partition coefficient (Wildman–Crippen LogP) is 1.16. The van der Waals surface area contributed by atoms with Gasteiger partial charge in [0.25, 0.3) is 0 Å². The molecule has 1 aliphatic carbocycles. The van der Waals surface area contributed by atoms with Crippen LogP contribution in [-0.4, -0.2) is 22.2 Å². The fourth-order valence-electron chi connectivity index (χ4n) is 2.38. The van der Waals surface area contributed by atoms with Crippen LogP contribution in [0.15, 0.2) is 12.4 Å². The molecule has 1 aromatic heterocycles. The highest BCUT2D eigenvalue weighted by atomic mass is 16.2. The van der Waals surface area contributed by atoms with Crippen LogP contribution in [0.25, 0.3) is 0 Å². The number of nitrogen functional groups attached to an aromatic ring is 1. The largest absolute Gasteiger partial charge is 0.396 e. The first-order chi connectivity index (χ1) is 8.24. The Morgan fingerprint density at radius 1 is 1.53 bits per heavy atom. The molecule has 1 fully saturated rings. The van der Waals surface area contributed by atoms with Crippen molar-refractivity contribution in [2.24, 2.45) is 5.92 Å². The van der Waals surface area contributed by atoms with Crippen LogP contribution in [0.2, 0.25) is 0 Å². The Balaban J connectivity index is 1.63. The molecule has 5 nitrogen and oxygen atoms in total. The van der Waals surface area contributed by atoms with E-state index in [1.807, 2.05) is 0 Å². The Labute approximate surface area is 101 Å². The van der Waals surface area contributed by atoms with Gasteiger partial charge < -0.3 is 11.1 Å². The summed E-state index contributed by atoms with van der Waals surface area (Å²) in [6, 6.07) is 0. The maximum atomic E-state index is 11.6. The normalized spacial score (nSPS) is 16.2. The van der Waals surface area contributed by atoms with E-state index in [9.17, 15) is 4.79 Å². The van der Waals surface area contributed by atoms with E-state index < -0.39 is 0 Å². The van der Waals surface area contributed by atoms with Crippen LogP contribution in [0.5, 0.6) is 0 Å². The minimum Gasteiger partial charge on any atom is -0.396 e. The molecule has 0 atom stereocenters. The van der Waals surface area contributed by atoms with Gasteiger partial charge in [-0.05, 0) is 12.3 Å². The Morgan fingerprint density at radius 3 is 2.94 bits per heavy atom. The van der Waals surface area contributed by atoms with Gasteiger partial charge in [0.1, 0.15) is 6.54 Å². The van der Waals surface area contributed by atoms with E-state index in [4.69, 9.17) is 5.73 Å². The molecule has 94 valence electrons. The number of nitrogens with zero attached hydrogens (tertiary/aromatic N) is 2. The lowest BCUT2D eigenvalue weighted by Crippen LogP contribution is -2.29. The summed E-state index contributed by atoms with van der Waals surface area (Å²) in [5.41, 5.74) is 6.11. The number of aromatic nitrogens is 2. The van der Waals surface area contributed by atoms with E-state index in [0.717, 1.165) is 18.9 Å². The zero-order chi connectivity index (χ0) is 12.1. The molecule has 1 heterocycles. The minimum atomic E-state index is 0.00565. The van der Waals surface area contributed by atoms with E-state index in [2.05, 4.69) is 10.4 Å². The van der Waals surface area contributed by atoms with Crippen LogP contribution in [0.4, 0.5) is 5.69 Å². The lowest BCUT2D eigenvalue weighted by molar-refractivity contribution is -0.121. The molecule has 1 amide bonds. The van der Waals surface area contributed by atoms with Crippen LogP contribution >= 0.6 is 0 Å². The number of rotatable bonds is 5. The van der Waals surface area contributed by atoms with Crippen LogP contribution < -0.4 is 11.1 Å². The summed E-state index contributed by atoms with van der Waals surface area (Å²) in [6.07, 6.45) is 9.67. The van der Waals surface area contributed by atoms with Gasteiger partial charge in [-0.3, -0.25) is 9.48 Å². The number of anilines is 1. The fourth-order valence-corrected chi connectivity index (χ4v) is 2.38. The average molecular weight is 236 g/mol. The molecule has 0 spiro atoms. The number of hydrogen-bond donors (Lipinski definition) is 2. The van der Waals surface area contributed by atoms with Crippen molar-refractivity contribution in [1.82, 2.24) is 15.1 Å². The number of nitrogens with one attached hydrogen (secondary N) is 1. The molecule has 5 heteroatoms. The molecule has 3 N–H and O–H groups in total. The molecular weight excluding hydrogens is 216 g/mol. The first-order valence-corrected chi connectivity index (χ1v) is 6.28. The van der Waals surface area contributed by atoms with Gasteiger partial charge in [0.2, 0.25) is 5.91 Å². The summed E-state index contributed by atoms with van der Waals surface area (Å²) in [5, 5.41) is 6.90. The highest BCUT2D eigenvalue weighted by molar-refractivity contribution is 5.75. The molecule has 0 bridgehead atoms. The Bertz CT molecular complexity index is 368. The van der Waals surface area contributed by atoms with Gasteiger partial charge in [0.05, 0.1) is 11.9 Å². The highest BCUT2D eigenvalue weighted by Gasteiger charge is 2.14. The highest BCUT2D eigenvalue weighted by Crippen LogP contribution is 2.26. The van der Waals surface area contributed by atoms with E-state index in [1.54, 1.807) is 17.1 Å². The standard InChI is InChI=1S/C12H20N4O/c13-11-7-15-16(8-11)9-12(17)14-6-5-10-3-1-2-4-10/h7-8,10H,1-6,9,13H2,(H,14,17). The first kappa shape index (κ1) is 12.0. The Kier molecular flexibility index (Phi) is 4.01. The quantitative estimate of drug-likeness (QED) is 0.805. The molecule has 17 heavy (non-hydrogen) atoms. The third kappa shape index (κ3) is 3.76. The maximum absolute atomic E-state index is 11.6. The second kappa shape index (κ2) is 5.70. The molecule has 0 radical (unpaired) electrons. The summed E-state index contributed by atoms with van der Waals surface area (Å²) in [4.78, 5) is 11.6. The average Bonchev–Trinajstić information content (AvgIpc) is 2.90. The molecular formula is C12H20N4O. The van der Waals surface area contributed by atoms with Crippen molar-refractivity contribution in [1.29, 1.82) is 0 Å². The van der Waals surface area contributed by atoms with Crippen molar-refractivity contribution >= 4 is 11.6 Å². The lowest BCUT2D eigenvalue weighted by atomic mass is 10.0. The predicted molar refractivity (Wildman–Crippen MR) is 66.2 cm³/mol. The molecule has 0 aromatic carbocycles. The van der Waals surface area contributed by atoms with E-state index in [1.165, 1.54) is 25.7 Å². The van der Waals surface area contributed by atoms with Gasteiger partial charge in [-0.25, -0.2) is 0 Å². The number of hydrogen-bond acceptors (Lipinski definition) is 3. The van der Waals surface area contributed by atoms with Crippen LogP contribution in [0.3, 0.4) is 0 Å². The maximum Gasteiger partial charge on any atom is 0.241 e. The van der Waals surface area contributed by atoms with E-state index in [0.29, 0.717) is 5.69 Å². The second-order valence-corrected chi connectivity index (χ2v) is 4.76. The van der Waals surface area contributed by atoms with Gasteiger partial charge in [-0.1, -0.05) is 25.7 Å². The van der Waals surface area contributed by atoms with Crippen molar-refractivity contribution in [2.75, 3.05) is 12.3 Å². The van der Waals surface area contributed by atoms with Gasteiger partial charge >= 0.3 is 0 Å². The molecule has 1 aliphatic rings. The van der Waals surface area contributed by atoms with Crippen molar-refractivity contribution < 1.29 is 4.79 Å². The van der Waals surface area contributed by atoms with Crippen molar-refractivity contribution in [2.45, 2.75) is 38.6 Å². The van der Waals surface area contributed by atoms with Gasteiger partial charge in [-0.2, -0.15) is 5.10 Å². The third-order valence-corrected chi connectivity index (χ3v) is 3.31. The molecule has 2 rings (SSSR count). The summed E-state index contributed by atoms with van der Waals surface area (Å²) < 4.78 is 1.56. The van der Waals surface area contributed by atoms with Gasteiger partial charge in [0.15, 0.2) is 0 Å². The van der Waals surface area contributed by atoms with E-state index >= 15 is 0 Å². The van der Waals surface area contributed by atoms with E-state index in [-0.39, 0.29) is 12.5 Å². The summed E-state index contributed by atoms with van der Waals surface area (Å²) in [6.45, 7) is 1.03. The molecule has 0 unspecified atom stereocenters. The number of amides is 1. The monoisotopic (exact) mass is 236 g/mol. The number of carbonyl (C=O) groups is 1. The summed E-state index contributed by atoms with van der Waals surface area (Å²) in [5.74, 6) is 0.821. The number of carbonyl (C=O) groups excluding carboxylic acids is 1. The smallest absolute Gasteiger partial charge is 0.241 e. The zero-order valence-electron chi connectivity index (χ0n) is 10.1. The Morgan fingerprint density at radius 2 is 2.29 bits per heavy atom. The van der Waals surface area contributed by atoms with Crippen LogP contribution in [-0.2, 0) is 11.3 Å². The summed E-state index contributed by atoms with van der Waals surface area (Å²) >= 11 is 0. The fraction of sp³-hybridized carbons (Fsp3) is 0.667. The van der Waals surface area contributed by atoms with Crippen LogP contribution in [0.1, 0.15) is 32.1 Å².